The van der Waals surface area contributed by atoms with Crippen LogP contribution >= 0.6 is 0 Å². The summed E-state index contributed by atoms with van der Waals surface area (Å²) in [4.78, 5) is 29.8. The summed E-state index contributed by atoms with van der Waals surface area (Å²) in [7, 11) is 1.65. The highest BCUT2D eigenvalue weighted by molar-refractivity contribution is 6.45. The first-order valence-corrected chi connectivity index (χ1v) is 7.49. The third-order valence-electron chi connectivity index (χ3n) is 3.92. The molecule has 1 heterocycles. The lowest BCUT2D eigenvalue weighted by molar-refractivity contribution is -0.125. The van der Waals surface area contributed by atoms with E-state index < -0.39 is 11.7 Å². The summed E-state index contributed by atoms with van der Waals surface area (Å²) in [6.45, 7) is 2.23. The Kier molecular flexibility index (Phi) is 3.98. The molecule has 3 rings (SSSR count). The minimum absolute atomic E-state index is 0.410. The van der Waals surface area contributed by atoms with Crippen molar-refractivity contribution in [2.24, 2.45) is 0 Å². The van der Waals surface area contributed by atoms with Gasteiger partial charge in [-0.1, -0.05) is 48.5 Å². The van der Waals surface area contributed by atoms with Crippen LogP contribution in [0.3, 0.4) is 0 Å². The van der Waals surface area contributed by atoms with E-state index in [-0.39, 0.29) is 0 Å². The molecule has 0 saturated heterocycles. The number of fused-ring (bicyclic) bond motifs is 1. The lowest BCUT2D eigenvalue weighted by Crippen LogP contribution is -2.33. The molecule has 0 aliphatic heterocycles. The maximum Gasteiger partial charge on any atom is 0.295 e. The summed E-state index contributed by atoms with van der Waals surface area (Å²) in [6.07, 6.45) is 0. The molecule has 23 heavy (non-hydrogen) atoms. The van der Waals surface area contributed by atoms with E-state index in [1.165, 1.54) is 4.90 Å². The molecular formula is C19H18N2O2. The molecule has 0 atom stereocenters. The summed E-state index contributed by atoms with van der Waals surface area (Å²) in [6, 6.07) is 17.1. The summed E-state index contributed by atoms with van der Waals surface area (Å²) in [5.74, 6) is -0.972. The number of carbonyl (C=O) groups is 2. The number of aromatic nitrogens is 1. The number of aryl methyl sites for hydroxylation is 1. The fourth-order valence-electron chi connectivity index (χ4n) is 2.78. The summed E-state index contributed by atoms with van der Waals surface area (Å²) >= 11 is 0. The van der Waals surface area contributed by atoms with Crippen molar-refractivity contribution in [3.8, 4) is 0 Å². The third-order valence-corrected chi connectivity index (χ3v) is 3.92. The summed E-state index contributed by atoms with van der Waals surface area (Å²) in [5, 5.41) is 0.788. The number of likely N-dealkylation sites (N-methyl/N-ethyl adjacent to an activating group) is 1. The number of H-pyrrole nitrogens is 1. The highest BCUT2D eigenvalue weighted by Crippen LogP contribution is 2.23. The number of nitrogens with one attached hydrogen (secondary N) is 1. The van der Waals surface area contributed by atoms with Crippen LogP contribution in [0, 0.1) is 6.92 Å². The highest BCUT2D eigenvalue weighted by atomic mass is 16.2. The van der Waals surface area contributed by atoms with Crippen LogP contribution in [0.4, 0.5) is 0 Å². The molecule has 0 unspecified atom stereocenters. The van der Waals surface area contributed by atoms with Gasteiger partial charge in [0.1, 0.15) is 0 Å². The zero-order chi connectivity index (χ0) is 16.4. The monoisotopic (exact) mass is 306 g/mol. The Morgan fingerprint density at radius 2 is 1.65 bits per heavy atom. The quantitative estimate of drug-likeness (QED) is 0.594. The lowest BCUT2D eigenvalue weighted by atomic mass is 10.1. The molecule has 0 aliphatic carbocycles. The minimum Gasteiger partial charge on any atom is -0.358 e. The largest absolute Gasteiger partial charge is 0.358 e. The Morgan fingerprint density at radius 3 is 2.39 bits per heavy atom. The Hall–Kier alpha value is -2.88. The molecular weight excluding hydrogens is 288 g/mol. The van der Waals surface area contributed by atoms with E-state index in [1.807, 2.05) is 61.5 Å². The molecule has 0 spiro atoms. The van der Waals surface area contributed by atoms with Gasteiger partial charge in [-0.25, -0.2) is 0 Å². The van der Waals surface area contributed by atoms with Gasteiger partial charge in [-0.15, -0.1) is 0 Å². The molecule has 2 aromatic carbocycles. The van der Waals surface area contributed by atoms with Crippen LogP contribution in [0.15, 0.2) is 54.6 Å². The van der Waals surface area contributed by atoms with Crippen molar-refractivity contribution in [1.29, 1.82) is 0 Å². The fraction of sp³-hybridized carbons (Fsp3) is 0.158. The van der Waals surface area contributed by atoms with Crippen LogP contribution in [0.1, 0.15) is 21.6 Å². The van der Waals surface area contributed by atoms with E-state index in [0.717, 1.165) is 22.2 Å². The molecule has 3 aromatic rings. The van der Waals surface area contributed by atoms with E-state index in [4.69, 9.17) is 0 Å². The molecule has 4 heteroatoms. The SMILES string of the molecule is Cc1[nH]c2ccccc2c1C(=O)C(=O)N(C)Cc1ccccc1. The zero-order valence-electron chi connectivity index (χ0n) is 13.2. The molecule has 1 aromatic heterocycles. The topological polar surface area (TPSA) is 53.2 Å². The van der Waals surface area contributed by atoms with Crippen LogP contribution in [0.5, 0.6) is 0 Å². The van der Waals surface area contributed by atoms with Crippen LogP contribution in [-0.4, -0.2) is 28.6 Å². The molecule has 116 valence electrons. The number of rotatable bonds is 4. The Balaban J connectivity index is 1.87. The van der Waals surface area contributed by atoms with E-state index in [9.17, 15) is 9.59 Å². The number of aromatic amines is 1. The molecule has 1 amide bonds. The predicted octanol–water partition coefficient (Wildman–Crippen LogP) is 3.32. The van der Waals surface area contributed by atoms with Gasteiger partial charge >= 0.3 is 0 Å². The Labute approximate surface area is 134 Å². The van der Waals surface area contributed by atoms with Crippen molar-refractivity contribution in [3.63, 3.8) is 0 Å². The average molecular weight is 306 g/mol. The molecule has 0 radical (unpaired) electrons. The average Bonchev–Trinajstić information content (AvgIpc) is 2.90. The van der Waals surface area contributed by atoms with Crippen molar-refractivity contribution in [3.05, 3.63) is 71.4 Å². The summed E-state index contributed by atoms with van der Waals surface area (Å²) in [5.41, 5.74) is 3.04. The standard InChI is InChI=1S/C19H18N2O2/c1-13-17(15-10-6-7-11-16(15)20-13)18(22)19(23)21(2)12-14-8-4-3-5-9-14/h3-11,20H,12H2,1-2H3. The molecule has 0 fully saturated rings. The zero-order valence-corrected chi connectivity index (χ0v) is 13.2. The van der Waals surface area contributed by atoms with Crippen molar-refractivity contribution in [2.75, 3.05) is 7.05 Å². The highest BCUT2D eigenvalue weighted by Gasteiger charge is 2.25. The van der Waals surface area contributed by atoms with Crippen molar-refractivity contribution < 1.29 is 9.59 Å². The maximum atomic E-state index is 12.7. The Bertz CT molecular complexity index is 865. The first-order chi connectivity index (χ1) is 11.1. The normalized spacial score (nSPS) is 10.7. The van der Waals surface area contributed by atoms with Crippen molar-refractivity contribution >= 4 is 22.6 Å². The number of ketones is 1. The van der Waals surface area contributed by atoms with E-state index in [2.05, 4.69) is 4.98 Å². The second kappa shape index (κ2) is 6.08. The second-order valence-corrected chi connectivity index (χ2v) is 5.65. The second-order valence-electron chi connectivity index (χ2n) is 5.65. The minimum atomic E-state index is -0.498. The van der Waals surface area contributed by atoms with Gasteiger partial charge in [0.25, 0.3) is 11.7 Å². The first kappa shape index (κ1) is 15.0. The Morgan fingerprint density at radius 1 is 1.00 bits per heavy atom. The van der Waals surface area contributed by atoms with E-state index in [1.54, 1.807) is 7.05 Å². The first-order valence-electron chi connectivity index (χ1n) is 7.49. The molecule has 0 saturated carbocycles. The van der Waals surface area contributed by atoms with Crippen LogP contribution < -0.4 is 0 Å². The van der Waals surface area contributed by atoms with Gasteiger partial charge < -0.3 is 9.88 Å². The van der Waals surface area contributed by atoms with Crippen LogP contribution in [0.25, 0.3) is 10.9 Å². The number of para-hydroxylation sites is 1. The van der Waals surface area contributed by atoms with Crippen molar-refractivity contribution in [2.45, 2.75) is 13.5 Å². The van der Waals surface area contributed by atoms with Crippen LogP contribution in [0.2, 0.25) is 0 Å². The smallest absolute Gasteiger partial charge is 0.295 e. The van der Waals surface area contributed by atoms with Crippen LogP contribution in [-0.2, 0) is 11.3 Å². The predicted molar refractivity (Wildman–Crippen MR) is 90.3 cm³/mol. The van der Waals surface area contributed by atoms with Gasteiger partial charge in [-0.3, -0.25) is 9.59 Å². The van der Waals surface area contributed by atoms with Crippen molar-refractivity contribution in [1.82, 2.24) is 9.88 Å². The van der Waals surface area contributed by atoms with E-state index >= 15 is 0 Å². The molecule has 1 N–H and O–H groups in total. The molecule has 0 aliphatic rings. The maximum absolute atomic E-state index is 12.7. The number of benzene rings is 2. The third kappa shape index (κ3) is 2.88. The van der Waals surface area contributed by atoms with Gasteiger partial charge in [0.05, 0.1) is 5.56 Å². The van der Waals surface area contributed by atoms with Gasteiger partial charge in [-0.05, 0) is 18.6 Å². The fourth-order valence-corrected chi connectivity index (χ4v) is 2.78. The lowest BCUT2D eigenvalue weighted by Gasteiger charge is -2.16. The number of carbonyl (C=O) groups excluding carboxylic acids is 2. The number of hydrogen-bond donors (Lipinski definition) is 1. The van der Waals surface area contributed by atoms with Gasteiger partial charge in [-0.2, -0.15) is 0 Å². The number of nitrogens with zero attached hydrogens (tertiary/aromatic N) is 1. The number of Topliss-reactive ketones (excluding diaryl/α,β-unsaturated/α-hetero) is 1. The molecule has 4 nitrogen and oxygen atoms in total. The van der Waals surface area contributed by atoms with Gasteiger partial charge in [0.15, 0.2) is 0 Å². The number of hydrogen-bond acceptors (Lipinski definition) is 2. The number of amides is 1. The van der Waals surface area contributed by atoms with Gasteiger partial charge in [0.2, 0.25) is 0 Å². The van der Waals surface area contributed by atoms with Gasteiger partial charge in [0, 0.05) is 30.2 Å². The van der Waals surface area contributed by atoms with E-state index in [0.29, 0.717) is 12.1 Å². The molecule has 0 bridgehead atoms. The summed E-state index contributed by atoms with van der Waals surface area (Å²) < 4.78 is 0.